The fraction of sp³-hybridized carbons (Fsp3) is 0.500. The van der Waals surface area contributed by atoms with Crippen molar-refractivity contribution in [3.8, 4) is 0 Å². The predicted octanol–water partition coefficient (Wildman–Crippen LogP) is -0.134. The van der Waals surface area contributed by atoms with Gasteiger partial charge in [-0.05, 0) is 0 Å². The van der Waals surface area contributed by atoms with Gasteiger partial charge in [-0.15, -0.1) is 11.8 Å². The highest BCUT2D eigenvalue weighted by molar-refractivity contribution is 7.99. The van der Waals surface area contributed by atoms with Gasteiger partial charge in [0, 0.05) is 5.75 Å². The van der Waals surface area contributed by atoms with Crippen molar-refractivity contribution in [2.75, 3.05) is 18.7 Å². The van der Waals surface area contributed by atoms with E-state index >= 15 is 0 Å². The number of methoxy groups -OCH3 is 1. The molecule has 0 radical (unpaired) electrons. The number of nitrogens with zero attached hydrogens (tertiary/aromatic N) is 4. The molecular weight excluding hydrogens is 288 g/mol. The van der Waals surface area contributed by atoms with E-state index in [2.05, 4.69) is 9.84 Å². The number of hydrogen-bond acceptors (Lipinski definition) is 7. The van der Waals surface area contributed by atoms with Gasteiger partial charge in [-0.2, -0.15) is 5.10 Å². The zero-order valence-electron chi connectivity index (χ0n) is 10.6. The fourth-order valence-electron chi connectivity index (χ4n) is 1.78. The monoisotopic (exact) mass is 300 g/mol. The molecule has 1 saturated heterocycles. The van der Waals surface area contributed by atoms with Crippen molar-refractivity contribution in [1.82, 2.24) is 14.7 Å². The third-order valence-electron chi connectivity index (χ3n) is 2.80. The molecule has 0 saturated carbocycles. The number of aromatic nitrogens is 2. The van der Waals surface area contributed by atoms with Crippen molar-refractivity contribution < 1.29 is 19.2 Å². The first-order valence-electron chi connectivity index (χ1n) is 5.65. The number of thioether (sulfide) groups is 1. The van der Waals surface area contributed by atoms with Gasteiger partial charge < -0.3 is 9.64 Å². The van der Waals surface area contributed by atoms with Gasteiger partial charge in [0.2, 0.25) is 5.91 Å². The summed E-state index contributed by atoms with van der Waals surface area (Å²) in [6.45, 7) is -0.151. The molecule has 1 atom stereocenters. The van der Waals surface area contributed by atoms with Crippen LogP contribution >= 0.6 is 11.8 Å². The molecule has 1 aromatic heterocycles. The average Bonchev–Trinajstić information content (AvgIpc) is 3.06. The molecule has 0 unspecified atom stereocenters. The number of carbonyl (C=O) groups is 2. The molecule has 0 N–H and O–H groups in total. The minimum absolute atomic E-state index is 0.151. The lowest BCUT2D eigenvalue weighted by Crippen LogP contribution is -2.43. The first-order valence-corrected chi connectivity index (χ1v) is 6.80. The number of amides is 1. The third kappa shape index (κ3) is 2.90. The predicted molar refractivity (Wildman–Crippen MR) is 68.9 cm³/mol. The second-order valence-electron chi connectivity index (χ2n) is 4.06. The molecule has 0 bridgehead atoms. The van der Waals surface area contributed by atoms with Gasteiger partial charge in [-0.3, -0.25) is 19.6 Å². The quantitative estimate of drug-likeness (QED) is 0.433. The van der Waals surface area contributed by atoms with E-state index in [-0.39, 0.29) is 18.1 Å². The van der Waals surface area contributed by atoms with Crippen LogP contribution in [0.3, 0.4) is 0 Å². The van der Waals surface area contributed by atoms with Crippen LogP contribution in [0.5, 0.6) is 0 Å². The van der Waals surface area contributed by atoms with Crippen LogP contribution in [0.1, 0.15) is 0 Å². The lowest BCUT2D eigenvalue weighted by Gasteiger charge is -2.21. The molecule has 9 nitrogen and oxygen atoms in total. The summed E-state index contributed by atoms with van der Waals surface area (Å²) in [5, 5.41) is 14.3. The molecule has 2 heterocycles. The number of rotatable bonds is 4. The molecule has 108 valence electrons. The minimum atomic E-state index is -0.608. The van der Waals surface area contributed by atoms with Crippen LogP contribution in [-0.2, 0) is 20.9 Å². The maximum Gasteiger partial charge on any atom is 0.329 e. The lowest BCUT2D eigenvalue weighted by atomic mass is 10.3. The average molecular weight is 300 g/mol. The van der Waals surface area contributed by atoms with Crippen molar-refractivity contribution in [2.24, 2.45) is 0 Å². The van der Waals surface area contributed by atoms with Crippen LogP contribution in [0.25, 0.3) is 0 Å². The van der Waals surface area contributed by atoms with Gasteiger partial charge in [-0.1, -0.05) is 0 Å². The summed E-state index contributed by atoms with van der Waals surface area (Å²) in [4.78, 5) is 35.0. The number of hydrogen-bond donors (Lipinski definition) is 0. The van der Waals surface area contributed by atoms with E-state index in [0.29, 0.717) is 11.6 Å². The summed E-state index contributed by atoms with van der Waals surface area (Å²) in [5.74, 6) is 0.0813. The summed E-state index contributed by atoms with van der Waals surface area (Å²) in [6.07, 6.45) is 2.25. The molecule has 1 fully saturated rings. The normalized spacial score (nSPS) is 18.1. The van der Waals surface area contributed by atoms with Crippen LogP contribution in [0.4, 0.5) is 5.69 Å². The fourth-order valence-corrected chi connectivity index (χ4v) is 2.95. The smallest absolute Gasteiger partial charge is 0.329 e. The van der Waals surface area contributed by atoms with Crippen LogP contribution < -0.4 is 0 Å². The summed E-state index contributed by atoms with van der Waals surface area (Å²) in [6, 6.07) is -0.608. The highest BCUT2D eigenvalue weighted by atomic mass is 32.2. The molecule has 1 amide bonds. The number of ether oxygens (including phenoxy) is 1. The summed E-state index contributed by atoms with van der Waals surface area (Å²) in [5.41, 5.74) is -0.182. The number of carbonyl (C=O) groups excluding carboxylic acids is 2. The Morgan fingerprint density at radius 1 is 1.65 bits per heavy atom. The first-order chi connectivity index (χ1) is 9.52. The van der Waals surface area contributed by atoms with Gasteiger partial charge in [0.15, 0.2) is 0 Å². The van der Waals surface area contributed by atoms with E-state index in [0.717, 1.165) is 6.20 Å². The van der Waals surface area contributed by atoms with Gasteiger partial charge in [0.25, 0.3) is 0 Å². The van der Waals surface area contributed by atoms with E-state index in [9.17, 15) is 19.7 Å². The topological polar surface area (TPSA) is 108 Å². The van der Waals surface area contributed by atoms with E-state index in [1.54, 1.807) is 0 Å². The van der Waals surface area contributed by atoms with Crippen LogP contribution in [0, 0.1) is 10.1 Å². The summed E-state index contributed by atoms with van der Waals surface area (Å²) < 4.78 is 5.82. The van der Waals surface area contributed by atoms with Crippen molar-refractivity contribution in [2.45, 2.75) is 12.6 Å². The molecule has 1 aromatic rings. The number of nitro groups is 1. The molecule has 0 aromatic carbocycles. The Bertz CT molecular complexity index is 546. The van der Waals surface area contributed by atoms with Crippen LogP contribution in [0.2, 0.25) is 0 Å². The van der Waals surface area contributed by atoms with Crippen molar-refractivity contribution in [3.05, 3.63) is 22.5 Å². The Labute approximate surface area is 118 Å². The second kappa shape index (κ2) is 5.90. The molecule has 0 spiro atoms. The molecule has 10 heteroatoms. The summed E-state index contributed by atoms with van der Waals surface area (Å²) in [7, 11) is 1.27. The zero-order valence-corrected chi connectivity index (χ0v) is 11.4. The van der Waals surface area contributed by atoms with Crippen LogP contribution in [-0.4, -0.2) is 56.3 Å². The van der Waals surface area contributed by atoms with Crippen molar-refractivity contribution >= 4 is 29.3 Å². The Balaban J connectivity index is 2.03. The largest absolute Gasteiger partial charge is 0.467 e. The molecule has 1 aliphatic rings. The summed E-state index contributed by atoms with van der Waals surface area (Å²) >= 11 is 1.45. The molecule has 2 rings (SSSR count). The molecule has 20 heavy (non-hydrogen) atoms. The standard InChI is InChI=1S/C10H12N4O5S/c1-19-10(16)8-5-20-6-13(8)9(15)4-12-3-7(2-11-12)14(17)18/h2-3,8H,4-6H2,1H3/t8-/m1/s1. The minimum Gasteiger partial charge on any atom is -0.467 e. The van der Waals surface area contributed by atoms with Crippen molar-refractivity contribution in [1.29, 1.82) is 0 Å². The van der Waals surface area contributed by atoms with Gasteiger partial charge in [0.05, 0.1) is 17.9 Å². The van der Waals surface area contributed by atoms with E-state index < -0.39 is 16.9 Å². The van der Waals surface area contributed by atoms with Crippen LogP contribution in [0.15, 0.2) is 12.4 Å². The van der Waals surface area contributed by atoms with Gasteiger partial charge in [0.1, 0.15) is 25.0 Å². The van der Waals surface area contributed by atoms with Gasteiger partial charge in [-0.25, -0.2) is 4.79 Å². The highest BCUT2D eigenvalue weighted by Crippen LogP contribution is 2.22. The van der Waals surface area contributed by atoms with E-state index in [1.165, 1.54) is 34.7 Å². The maximum atomic E-state index is 12.1. The number of esters is 1. The first kappa shape index (κ1) is 14.3. The van der Waals surface area contributed by atoms with Crippen molar-refractivity contribution in [3.63, 3.8) is 0 Å². The Hall–Kier alpha value is -2.10. The second-order valence-corrected chi connectivity index (χ2v) is 5.06. The SMILES string of the molecule is COC(=O)[C@H]1CSCN1C(=O)Cn1cc([N+](=O)[O-])cn1. The molecule has 1 aliphatic heterocycles. The van der Waals surface area contributed by atoms with E-state index in [4.69, 9.17) is 0 Å². The Morgan fingerprint density at radius 3 is 3.00 bits per heavy atom. The lowest BCUT2D eigenvalue weighted by molar-refractivity contribution is -0.385. The van der Waals surface area contributed by atoms with E-state index in [1.807, 2.05) is 0 Å². The Morgan fingerprint density at radius 2 is 2.40 bits per heavy atom. The Kier molecular flexibility index (Phi) is 4.23. The molecule has 0 aliphatic carbocycles. The zero-order chi connectivity index (χ0) is 14.7. The maximum absolute atomic E-state index is 12.1. The molecular formula is C10H12N4O5S. The third-order valence-corrected chi connectivity index (χ3v) is 3.82. The van der Waals surface area contributed by atoms with Gasteiger partial charge >= 0.3 is 11.7 Å². The highest BCUT2D eigenvalue weighted by Gasteiger charge is 2.35.